The lowest BCUT2D eigenvalue weighted by molar-refractivity contribution is 0.552. The predicted molar refractivity (Wildman–Crippen MR) is 93.9 cm³/mol. The summed E-state index contributed by atoms with van der Waals surface area (Å²) in [6, 6.07) is 15.3. The molecule has 1 atom stereocenters. The third-order valence-corrected chi connectivity index (χ3v) is 5.14. The molecule has 0 saturated carbocycles. The molecule has 108 valence electrons. The Morgan fingerprint density at radius 2 is 2.10 bits per heavy atom. The van der Waals surface area contributed by atoms with E-state index in [2.05, 4.69) is 75.6 Å². The average molecular weight is 361 g/mol. The first-order valence-corrected chi connectivity index (χ1v) is 8.69. The van der Waals surface area contributed by atoms with Crippen molar-refractivity contribution in [2.45, 2.75) is 19.4 Å². The maximum absolute atomic E-state index is 4.50. The van der Waals surface area contributed by atoms with E-state index in [1.165, 1.54) is 15.0 Å². The molecule has 0 bridgehead atoms. The van der Waals surface area contributed by atoms with Crippen molar-refractivity contribution in [3.63, 3.8) is 0 Å². The fourth-order valence-corrected chi connectivity index (χ4v) is 3.80. The maximum atomic E-state index is 4.50. The first kappa shape index (κ1) is 14.7. The van der Waals surface area contributed by atoms with Crippen molar-refractivity contribution in [3.05, 3.63) is 63.7 Å². The highest BCUT2D eigenvalue weighted by Crippen LogP contribution is 2.31. The van der Waals surface area contributed by atoms with Crippen molar-refractivity contribution in [2.24, 2.45) is 0 Å². The first-order chi connectivity index (χ1) is 10.3. The van der Waals surface area contributed by atoms with E-state index >= 15 is 0 Å². The molecule has 3 aromatic rings. The summed E-state index contributed by atoms with van der Waals surface area (Å²) >= 11 is 5.30. The number of aromatic nitrogens is 1. The van der Waals surface area contributed by atoms with Crippen LogP contribution in [0.3, 0.4) is 0 Å². The van der Waals surface area contributed by atoms with E-state index in [-0.39, 0.29) is 0 Å². The van der Waals surface area contributed by atoms with Crippen LogP contribution in [0.25, 0.3) is 10.1 Å². The Hall–Kier alpha value is -1.23. The smallest absolute Gasteiger partial charge is 0.0471 e. The highest BCUT2D eigenvalue weighted by molar-refractivity contribution is 9.10. The van der Waals surface area contributed by atoms with Gasteiger partial charge in [-0.1, -0.05) is 25.1 Å². The third kappa shape index (κ3) is 3.51. The van der Waals surface area contributed by atoms with E-state index in [9.17, 15) is 0 Å². The molecular weight excluding hydrogens is 344 g/mol. The van der Waals surface area contributed by atoms with Crippen LogP contribution >= 0.6 is 27.3 Å². The second-order valence-electron chi connectivity index (χ2n) is 4.97. The number of likely N-dealkylation sites (N-methyl/N-ethyl adjacent to an activating group) is 1. The summed E-state index contributed by atoms with van der Waals surface area (Å²) in [5.41, 5.74) is 1.11. The molecule has 1 unspecified atom stereocenters. The molecule has 21 heavy (non-hydrogen) atoms. The number of pyridine rings is 1. The molecule has 0 aliphatic heterocycles. The minimum atomic E-state index is 0.320. The van der Waals surface area contributed by atoms with Gasteiger partial charge in [0, 0.05) is 38.4 Å². The number of hydrogen-bond donors (Lipinski definition) is 1. The standard InChI is InChI=1S/C17H17BrN2S/c1-2-19-15(10-14-8-7-13(18)11-20-14)17-9-12-5-3-4-6-16(12)21-17/h3-9,11,15,19H,2,10H2,1H3. The van der Waals surface area contributed by atoms with Crippen molar-refractivity contribution in [1.82, 2.24) is 10.3 Å². The Morgan fingerprint density at radius 1 is 1.24 bits per heavy atom. The molecule has 2 nitrogen and oxygen atoms in total. The van der Waals surface area contributed by atoms with Crippen molar-refractivity contribution in [3.8, 4) is 0 Å². The molecule has 0 fully saturated rings. The summed E-state index contributed by atoms with van der Waals surface area (Å²) in [6.07, 6.45) is 2.78. The van der Waals surface area contributed by atoms with E-state index in [4.69, 9.17) is 0 Å². The fourth-order valence-electron chi connectivity index (χ4n) is 2.43. The lowest BCUT2D eigenvalue weighted by Crippen LogP contribution is -2.22. The molecule has 2 heterocycles. The lowest BCUT2D eigenvalue weighted by Gasteiger charge is -2.15. The number of hydrogen-bond acceptors (Lipinski definition) is 3. The molecular formula is C17H17BrN2S. The zero-order valence-electron chi connectivity index (χ0n) is 11.8. The van der Waals surface area contributed by atoms with E-state index in [1.807, 2.05) is 17.5 Å². The summed E-state index contributed by atoms with van der Waals surface area (Å²) in [5, 5.41) is 4.90. The fraction of sp³-hybridized carbons (Fsp3) is 0.235. The molecule has 4 heteroatoms. The summed E-state index contributed by atoms with van der Waals surface area (Å²) in [6.45, 7) is 3.10. The van der Waals surface area contributed by atoms with Gasteiger partial charge in [0.2, 0.25) is 0 Å². The van der Waals surface area contributed by atoms with Gasteiger partial charge in [-0.05, 0) is 52.1 Å². The number of rotatable bonds is 5. The second-order valence-corrected chi connectivity index (χ2v) is 7.00. The predicted octanol–water partition coefficient (Wildman–Crippen LogP) is 4.95. The summed E-state index contributed by atoms with van der Waals surface area (Å²) in [4.78, 5) is 5.88. The van der Waals surface area contributed by atoms with Crippen LogP contribution in [0.15, 0.2) is 53.1 Å². The number of halogens is 1. The van der Waals surface area contributed by atoms with Crippen LogP contribution in [0.5, 0.6) is 0 Å². The zero-order valence-corrected chi connectivity index (χ0v) is 14.2. The van der Waals surface area contributed by atoms with Crippen LogP contribution < -0.4 is 5.32 Å². The van der Waals surface area contributed by atoms with Gasteiger partial charge in [-0.2, -0.15) is 0 Å². The van der Waals surface area contributed by atoms with Gasteiger partial charge in [-0.15, -0.1) is 11.3 Å². The highest BCUT2D eigenvalue weighted by Gasteiger charge is 2.15. The third-order valence-electron chi connectivity index (χ3n) is 3.44. The van der Waals surface area contributed by atoms with Gasteiger partial charge >= 0.3 is 0 Å². The van der Waals surface area contributed by atoms with Crippen molar-refractivity contribution < 1.29 is 0 Å². The van der Waals surface area contributed by atoms with Crippen LogP contribution in [-0.4, -0.2) is 11.5 Å². The Kier molecular flexibility index (Phi) is 4.68. The van der Waals surface area contributed by atoms with E-state index < -0.39 is 0 Å². The Labute approximate surface area is 137 Å². The second kappa shape index (κ2) is 6.69. The van der Waals surface area contributed by atoms with Gasteiger partial charge in [-0.3, -0.25) is 4.98 Å². The summed E-state index contributed by atoms with van der Waals surface area (Å²) in [5.74, 6) is 0. The Balaban J connectivity index is 1.87. The van der Waals surface area contributed by atoms with Crippen LogP contribution in [0.4, 0.5) is 0 Å². The summed E-state index contributed by atoms with van der Waals surface area (Å²) < 4.78 is 2.37. The van der Waals surface area contributed by atoms with Crippen LogP contribution in [0, 0.1) is 0 Å². The molecule has 3 rings (SSSR count). The van der Waals surface area contributed by atoms with Crippen LogP contribution in [0.1, 0.15) is 23.5 Å². The van der Waals surface area contributed by atoms with Gasteiger partial charge in [0.1, 0.15) is 0 Å². The molecule has 0 spiro atoms. The molecule has 1 N–H and O–H groups in total. The van der Waals surface area contributed by atoms with Gasteiger partial charge in [-0.25, -0.2) is 0 Å². The van der Waals surface area contributed by atoms with Crippen molar-refractivity contribution in [1.29, 1.82) is 0 Å². The van der Waals surface area contributed by atoms with Crippen molar-refractivity contribution in [2.75, 3.05) is 6.54 Å². The van der Waals surface area contributed by atoms with E-state index in [1.54, 1.807) is 0 Å². The number of nitrogens with one attached hydrogen (secondary N) is 1. The lowest BCUT2D eigenvalue weighted by atomic mass is 10.1. The molecule has 0 amide bonds. The zero-order chi connectivity index (χ0) is 14.7. The van der Waals surface area contributed by atoms with Gasteiger partial charge < -0.3 is 5.32 Å². The number of nitrogens with zero attached hydrogens (tertiary/aromatic N) is 1. The molecule has 0 saturated heterocycles. The molecule has 0 aliphatic carbocycles. The minimum Gasteiger partial charge on any atom is -0.309 e. The van der Waals surface area contributed by atoms with Crippen LogP contribution in [-0.2, 0) is 6.42 Å². The molecule has 2 aromatic heterocycles. The number of benzene rings is 1. The van der Waals surface area contributed by atoms with E-state index in [0.29, 0.717) is 6.04 Å². The minimum absolute atomic E-state index is 0.320. The average Bonchev–Trinajstić information content (AvgIpc) is 2.93. The van der Waals surface area contributed by atoms with E-state index in [0.717, 1.165) is 23.1 Å². The number of thiophene rings is 1. The molecule has 0 radical (unpaired) electrons. The topological polar surface area (TPSA) is 24.9 Å². The molecule has 1 aromatic carbocycles. The van der Waals surface area contributed by atoms with Crippen molar-refractivity contribution >= 4 is 37.4 Å². The Bertz CT molecular complexity index is 688. The van der Waals surface area contributed by atoms with Gasteiger partial charge in [0.25, 0.3) is 0 Å². The van der Waals surface area contributed by atoms with Gasteiger partial charge in [0.15, 0.2) is 0 Å². The highest BCUT2D eigenvalue weighted by atomic mass is 79.9. The number of fused-ring (bicyclic) bond motifs is 1. The van der Waals surface area contributed by atoms with Crippen LogP contribution in [0.2, 0.25) is 0 Å². The monoisotopic (exact) mass is 360 g/mol. The first-order valence-electron chi connectivity index (χ1n) is 7.08. The largest absolute Gasteiger partial charge is 0.309 e. The van der Waals surface area contributed by atoms with Gasteiger partial charge in [0.05, 0.1) is 0 Å². The summed E-state index contributed by atoms with van der Waals surface area (Å²) in [7, 11) is 0. The SMILES string of the molecule is CCNC(Cc1ccc(Br)cn1)c1cc2ccccc2s1. The maximum Gasteiger partial charge on any atom is 0.0471 e. The molecule has 0 aliphatic rings. The Morgan fingerprint density at radius 3 is 2.81 bits per heavy atom. The normalized spacial score (nSPS) is 12.7. The quantitative estimate of drug-likeness (QED) is 0.695.